The molecule has 0 spiro atoms. The molecule has 0 bridgehead atoms. The van der Waals surface area contributed by atoms with E-state index in [4.69, 9.17) is 22.2 Å². The van der Waals surface area contributed by atoms with Gasteiger partial charge in [-0.1, -0.05) is 13.8 Å². The van der Waals surface area contributed by atoms with Crippen molar-refractivity contribution >= 4 is 37.2 Å². The molecule has 1 nitrogen and oxygen atoms in total. The average Bonchev–Trinajstić information content (AvgIpc) is 1.86. The minimum atomic E-state index is -1.68. The summed E-state index contributed by atoms with van der Waals surface area (Å²) in [5.41, 5.74) is 0. The second-order valence-corrected chi connectivity index (χ2v) is 15.4. The van der Waals surface area contributed by atoms with Crippen molar-refractivity contribution in [3.8, 4) is 0 Å². The van der Waals surface area contributed by atoms with Crippen LogP contribution in [0, 0.1) is 0 Å². The average molecular weight is 230 g/mol. The number of hydrogen-bond donors (Lipinski definition) is 1. The Morgan fingerprint density at radius 3 is 1.45 bits per heavy atom. The van der Waals surface area contributed by atoms with E-state index in [0.29, 0.717) is 0 Å². The lowest BCUT2D eigenvalue weighted by molar-refractivity contribution is 1.23. The summed E-state index contributed by atoms with van der Waals surface area (Å²) in [5, 5.41) is 0. The van der Waals surface area contributed by atoms with Crippen molar-refractivity contribution in [2.75, 3.05) is 0 Å². The van der Waals surface area contributed by atoms with Gasteiger partial charge >= 0.3 is 0 Å². The van der Waals surface area contributed by atoms with Crippen LogP contribution < -0.4 is 4.65 Å². The van der Waals surface area contributed by atoms with Crippen molar-refractivity contribution in [2.45, 2.75) is 39.0 Å². The van der Waals surface area contributed by atoms with Gasteiger partial charge in [0.2, 0.25) is 15.1 Å². The molecule has 0 amide bonds. The van der Waals surface area contributed by atoms with Gasteiger partial charge < -0.3 is 4.65 Å². The van der Waals surface area contributed by atoms with Crippen LogP contribution in [0.3, 0.4) is 0 Å². The van der Waals surface area contributed by atoms with Gasteiger partial charge in [-0.3, -0.25) is 0 Å². The lowest BCUT2D eigenvalue weighted by atomic mass is 11.0. The monoisotopic (exact) mass is 229 g/mol. The third-order valence-corrected chi connectivity index (χ3v) is 12.0. The fourth-order valence-corrected chi connectivity index (χ4v) is 10.7. The fourth-order valence-electron chi connectivity index (χ4n) is 0.720. The van der Waals surface area contributed by atoms with Crippen LogP contribution in [-0.4, -0.2) is 15.1 Å². The summed E-state index contributed by atoms with van der Waals surface area (Å²) < 4.78 is 3.44. The van der Waals surface area contributed by atoms with Crippen molar-refractivity contribution < 1.29 is 0 Å². The minimum absolute atomic E-state index is 1.03. The van der Waals surface area contributed by atoms with Crippen molar-refractivity contribution in [2.24, 2.45) is 0 Å². The molecule has 68 valence electrons. The number of nitrogens with one attached hydrogen (secondary N) is 1. The summed E-state index contributed by atoms with van der Waals surface area (Å²) in [5.74, 6) is 0. The lowest BCUT2D eigenvalue weighted by Gasteiger charge is -2.28. The zero-order valence-electron chi connectivity index (χ0n) is 7.67. The SMILES string of the molecule is CC[Si](C)(Cl)N[Si](C)(Cl)CC. The van der Waals surface area contributed by atoms with Crippen molar-refractivity contribution in [1.82, 2.24) is 4.65 Å². The summed E-state index contributed by atoms with van der Waals surface area (Å²) in [7, 11) is -3.36. The Bertz CT molecular complexity index is 114. The minimum Gasteiger partial charge on any atom is -0.335 e. The van der Waals surface area contributed by atoms with Gasteiger partial charge in [0.1, 0.15) is 0 Å². The first-order chi connectivity index (χ1) is 4.83. The first-order valence-electron chi connectivity index (χ1n) is 4.00. The van der Waals surface area contributed by atoms with Crippen LogP contribution in [0.2, 0.25) is 25.2 Å². The maximum Gasteiger partial charge on any atom is 0.217 e. The van der Waals surface area contributed by atoms with Gasteiger partial charge in [-0.05, 0) is 25.2 Å². The molecule has 0 saturated heterocycles. The van der Waals surface area contributed by atoms with Crippen LogP contribution in [0.25, 0.3) is 0 Å². The highest BCUT2D eigenvalue weighted by molar-refractivity contribution is 7.29. The molecule has 0 aliphatic carbocycles. The molecule has 0 heterocycles. The van der Waals surface area contributed by atoms with E-state index < -0.39 is 15.1 Å². The van der Waals surface area contributed by atoms with E-state index in [2.05, 4.69) is 31.6 Å². The van der Waals surface area contributed by atoms with Crippen molar-refractivity contribution in [3.63, 3.8) is 0 Å². The largest absolute Gasteiger partial charge is 0.335 e. The van der Waals surface area contributed by atoms with Crippen LogP contribution in [0.5, 0.6) is 0 Å². The molecule has 0 fully saturated rings. The molecule has 11 heavy (non-hydrogen) atoms. The van der Waals surface area contributed by atoms with Gasteiger partial charge in [0.15, 0.2) is 0 Å². The normalized spacial score (nSPS) is 22.4. The topological polar surface area (TPSA) is 12.0 Å². The summed E-state index contributed by atoms with van der Waals surface area (Å²) in [4.78, 5) is 0. The van der Waals surface area contributed by atoms with Crippen LogP contribution in [-0.2, 0) is 0 Å². The highest BCUT2D eigenvalue weighted by Gasteiger charge is 2.32. The Morgan fingerprint density at radius 2 is 1.27 bits per heavy atom. The van der Waals surface area contributed by atoms with E-state index in [9.17, 15) is 0 Å². The van der Waals surface area contributed by atoms with Crippen LogP contribution in [0.15, 0.2) is 0 Å². The molecule has 1 N–H and O–H groups in total. The number of halogens is 2. The maximum absolute atomic E-state index is 6.26. The van der Waals surface area contributed by atoms with Crippen molar-refractivity contribution in [3.05, 3.63) is 0 Å². The summed E-state index contributed by atoms with van der Waals surface area (Å²) in [6.45, 7) is 8.45. The Balaban J connectivity index is 4.02. The number of rotatable bonds is 4. The Morgan fingerprint density at radius 1 is 1.00 bits per heavy atom. The smallest absolute Gasteiger partial charge is 0.217 e. The highest BCUT2D eigenvalue weighted by Crippen LogP contribution is 2.18. The lowest BCUT2D eigenvalue weighted by Crippen LogP contribution is -2.55. The Hall–Kier alpha value is 0.974. The summed E-state index contributed by atoms with van der Waals surface area (Å²) >= 11 is 12.5. The zero-order chi connectivity index (χ0) is 9.12. The van der Waals surface area contributed by atoms with E-state index in [-0.39, 0.29) is 0 Å². The van der Waals surface area contributed by atoms with E-state index in [1.807, 2.05) is 0 Å². The van der Waals surface area contributed by atoms with Gasteiger partial charge in [0, 0.05) is 0 Å². The van der Waals surface area contributed by atoms with E-state index in [1.54, 1.807) is 0 Å². The van der Waals surface area contributed by atoms with Gasteiger partial charge in [-0.25, -0.2) is 0 Å². The van der Waals surface area contributed by atoms with E-state index >= 15 is 0 Å². The third-order valence-electron chi connectivity index (χ3n) is 1.85. The molecule has 5 heteroatoms. The quantitative estimate of drug-likeness (QED) is 0.577. The standard InChI is InChI=1S/C6H17Cl2NSi2/c1-5-10(3,7)9-11(4,8)6-2/h9H,5-6H2,1-4H3. The molecule has 0 aromatic carbocycles. The molecule has 2 atom stereocenters. The molecule has 0 saturated carbocycles. The zero-order valence-corrected chi connectivity index (χ0v) is 11.2. The van der Waals surface area contributed by atoms with Crippen LogP contribution in [0.1, 0.15) is 13.8 Å². The Kier molecular flexibility index (Phi) is 4.66. The maximum atomic E-state index is 6.26. The predicted molar refractivity (Wildman–Crippen MR) is 59.0 cm³/mol. The summed E-state index contributed by atoms with van der Waals surface area (Å²) in [6.07, 6.45) is 0. The first-order valence-corrected chi connectivity index (χ1v) is 11.4. The second-order valence-electron chi connectivity index (χ2n) is 3.23. The van der Waals surface area contributed by atoms with Gasteiger partial charge in [-0.15, -0.1) is 22.2 Å². The Labute approximate surface area is 81.1 Å². The predicted octanol–water partition coefficient (Wildman–Crippen LogP) is 3.24. The molecule has 0 rings (SSSR count). The molecular formula is C6H17Cl2NSi2. The van der Waals surface area contributed by atoms with Gasteiger partial charge in [0.25, 0.3) is 0 Å². The fraction of sp³-hybridized carbons (Fsp3) is 1.00. The second kappa shape index (κ2) is 4.28. The van der Waals surface area contributed by atoms with Gasteiger partial charge in [-0.2, -0.15) is 0 Å². The molecule has 0 aliphatic rings. The van der Waals surface area contributed by atoms with Gasteiger partial charge in [0.05, 0.1) is 0 Å². The van der Waals surface area contributed by atoms with Crippen molar-refractivity contribution in [1.29, 1.82) is 0 Å². The van der Waals surface area contributed by atoms with Crippen LogP contribution in [0.4, 0.5) is 0 Å². The number of hydrogen-bond acceptors (Lipinski definition) is 1. The molecule has 0 aromatic heterocycles. The van der Waals surface area contributed by atoms with E-state index in [1.165, 1.54) is 0 Å². The third kappa shape index (κ3) is 5.25. The molecule has 0 aliphatic heterocycles. The molecule has 0 radical (unpaired) electrons. The van der Waals surface area contributed by atoms with Crippen LogP contribution >= 0.6 is 22.2 Å². The van der Waals surface area contributed by atoms with E-state index in [0.717, 1.165) is 12.1 Å². The summed E-state index contributed by atoms with van der Waals surface area (Å²) in [6, 6.07) is 2.06. The highest BCUT2D eigenvalue weighted by atomic mass is 35.6. The molecule has 2 unspecified atom stereocenters. The first kappa shape index (κ1) is 12.0. The molecule has 0 aromatic rings. The molecular weight excluding hydrogens is 213 g/mol.